The minimum absolute atomic E-state index is 0.0383. The third kappa shape index (κ3) is 4.57. The Bertz CT molecular complexity index is 603. The maximum absolute atomic E-state index is 12.8. The molecule has 21 heavy (non-hydrogen) atoms. The van der Waals surface area contributed by atoms with Crippen molar-refractivity contribution in [3.05, 3.63) is 28.8 Å². The largest absolute Gasteiger partial charge is 0.417 e. The van der Waals surface area contributed by atoms with Gasteiger partial charge in [-0.3, -0.25) is 0 Å². The average molecular weight is 345 g/mol. The fraction of sp³-hybridized carbons (Fsp3) is 0.500. The van der Waals surface area contributed by atoms with Gasteiger partial charge in [0.05, 0.1) is 15.5 Å². The fourth-order valence-corrected chi connectivity index (χ4v) is 3.26. The first-order chi connectivity index (χ1) is 9.49. The number of alkyl halides is 3. The van der Waals surface area contributed by atoms with Gasteiger partial charge in [0.2, 0.25) is 10.0 Å². The van der Waals surface area contributed by atoms with E-state index in [2.05, 4.69) is 4.72 Å². The average Bonchev–Trinajstić information content (AvgIpc) is 2.34. The van der Waals surface area contributed by atoms with Gasteiger partial charge in [-0.05, 0) is 24.1 Å². The summed E-state index contributed by atoms with van der Waals surface area (Å²) in [7, 11) is -4.10. The minimum Gasteiger partial charge on any atom is -0.329 e. The summed E-state index contributed by atoms with van der Waals surface area (Å²) in [6, 6.07) is 1.87. The normalized spacial score (nSPS) is 14.5. The molecule has 0 radical (unpaired) electrons. The molecule has 0 fully saturated rings. The number of sulfonamides is 1. The zero-order valence-corrected chi connectivity index (χ0v) is 13.0. The van der Waals surface area contributed by atoms with E-state index in [0.29, 0.717) is 6.07 Å². The maximum Gasteiger partial charge on any atom is 0.417 e. The van der Waals surface area contributed by atoms with Crippen LogP contribution in [0.1, 0.15) is 19.4 Å². The SMILES string of the molecule is CC(C)C(CN)NS(=O)(=O)c1ccc(Cl)c(C(F)(F)F)c1. The van der Waals surface area contributed by atoms with E-state index in [4.69, 9.17) is 17.3 Å². The van der Waals surface area contributed by atoms with Gasteiger partial charge in [-0.1, -0.05) is 25.4 Å². The molecule has 0 bridgehead atoms. The first-order valence-electron chi connectivity index (χ1n) is 6.08. The molecule has 0 aliphatic carbocycles. The molecule has 0 aliphatic heterocycles. The van der Waals surface area contributed by atoms with Crippen LogP contribution in [0.15, 0.2) is 23.1 Å². The number of rotatable bonds is 5. The highest BCUT2D eigenvalue weighted by Crippen LogP contribution is 2.35. The zero-order valence-electron chi connectivity index (χ0n) is 11.4. The van der Waals surface area contributed by atoms with Gasteiger partial charge in [-0.15, -0.1) is 0 Å². The number of hydrogen-bond donors (Lipinski definition) is 2. The zero-order chi connectivity index (χ0) is 16.4. The van der Waals surface area contributed by atoms with Crippen LogP contribution in [0.3, 0.4) is 0 Å². The van der Waals surface area contributed by atoms with E-state index in [1.165, 1.54) is 0 Å². The molecule has 0 saturated heterocycles. The van der Waals surface area contributed by atoms with Gasteiger partial charge in [0.15, 0.2) is 0 Å². The molecule has 1 rings (SSSR count). The van der Waals surface area contributed by atoms with E-state index in [9.17, 15) is 21.6 Å². The van der Waals surface area contributed by atoms with Crippen LogP contribution in [0.4, 0.5) is 13.2 Å². The van der Waals surface area contributed by atoms with Crippen LogP contribution in [0.2, 0.25) is 5.02 Å². The lowest BCUT2D eigenvalue weighted by Crippen LogP contribution is -2.43. The van der Waals surface area contributed by atoms with Gasteiger partial charge in [0, 0.05) is 12.6 Å². The second-order valence-electron chi connectivity index (χ2n) is 4.85. The third-order valence-corrected chi connectivity index (χ3v) is 4.74. The van der Waals surface area contributed by atoms with Gasteiger partial charge in [0.25, 0.3) is 0 Å². The Kier molecular flexibility index (Phi) is 5.65. The van der Waals surface area contributed by atoms with Crippen molar-refractivity contribution in [3.63, 3.8) is 0 Å². The Balaban J connectivity index is 3.21. The van der Waals surface area contributed by atoms with Crippen molar-refractivity contribution in [2.75, 3.05) is 6.54 Å². The highest BCUT2D eigenvalue weighted by atomic mass is 35.5. The molecular weight excluding hydrogens is 329 g/mol. The molecule has 0 aromatic heterocycles. The summed E-state index contributed by atoms with van der Waals surface area (Å²) in [5, 5.41) is -0.555. The highest BCUT2D eigenvalue weighted by Gasteiger charge is 2.34. The van der Waals surface area contributed by atoms with Gasteiger partial charge in [0.1, 0.15) is 0 Å². The van der Waals surface area contributed by atoms with E-state index in [-0.39, 0.29) is 12.5 Å². The molecule has 3 N–H and O–H groups in total. The summed E-state index contributed by atoms with van der Waals surface area (Å²) >= 11 is 5.46. The van der Waals surface area contributed by atoms with Crippen molar-refractivity contribution in [2.45, 2.75) is 31.0 Å². The summed E-state index contributed by atoms with van der Waals surface area (Å²) < 4.78 is 64.8. The molecular formula is C12H16ClF3N2O2S. The number of halogens is 4. The van der Waals surface area contributed by atoms with Crippen molar-refractivity contribution in [3.8, 4) is 0 Å². The molecule has 0 heterocycles. The van der Waals surface area contributed by atoms with Gasteiger partial charge < -0.3 is 5.73 Å². The van der Waals surface area contributed by atoms with Crippen LogP contribution in [0, 0.1) is 5.92 Å². The van der Waals surface area contributed by atoms with E-state index in [0.717, 1.165) is 12.1 Å². The van der Waals surface area contributed by atoms with Crippen LogP contribution in [-0.2, 0) is 16.2 Å². The first-order valence-corrected chi connectivity index (χ1v) is 7.94. The smallest absolute Gasteiger partial charge is 0.329 e. The van der Waals surface area contributed by atoms with Crippen molar-refractivity contribution in [2.24, 2.45) is 11.7 Å². The van der Waals surface area contributed by atoms with Crippen molar-refractivity contribution in [1.82, 2.24) is 4.72 Å². The van der Waals surface area contributed by atoms with Crippen LogP contribution in [0.25, 0.3) is 0 Å². The lowest BCUT2D eigenvalue weighted by molar-refractivity contribution is -0.137. The quantitative estimate of drug-likeness (QED) is 0.862. The standard InChI is InChI=1S/C12H16ClF3N2O2S/c1-7(2)11(6-17)18-21(19,20)8-3-4-10(13)9(5-8)12(14,15)16/h3-5,7,11,18H,6,17H2,1-2H3. The van der Waals surface area contributed by atoms with Crippen LogP contribution < -0.4 is 10.5 Å². The summed E-state index contributed by atoms with van der Waals surface area (Å²) in [6.45, 7) is 3.54. The van der Waals surface area contributed by atoms with E-state index >= 15 is 0 Å². The molecule has 4 nitrogen and oxygen atoms in total. The monoisotopic (exact) mass is 344 g/mol. The number of nitrogens with two attached hydrogens (primary N) is 1. The molecule has 0 saturated carbocycles. The van der Waals surface area contributed by atoms with E-state index in [1.807, 2.05) is 0 Å². The van der Waals surface area contributed by atoms with Gasteiger partial charge in [-0.2, -0.15) is 13.2 Å². The Labute approximate surface area is 126 Å². The van der Waals surface area contributed by atoms with Crippen LogP contribution in [-0.4, -0.2) is 21.0 Å². The summed E-state index contributed by atoms with van der Waals surface area (Å²) in [5.41, 5.74) is 4.26. The number of hydrogen-bond acceptors (Lipinski definition) is 3. The van der Waals surface area contributed by atoms with Crippen molar-refractivity contribution in [1.29, 1.82) is 0 Å². The molecule has 1 atom stereocenters. The number of nitrogens with one attached hydrogen (secondary N) is 1. The molecule has 1 aromatic carbocycles. The lowest BCUT2D eigenvalue weighted by Gasteiger charge is -2.21. The Morgan fingerprint density at radius 3 is 2.33 bits per heavy atom. The lowest BCUT2D eigenvalue weighted by atomic mass is 10.1. The molecule has 0 aliphatic rings. The predicted molar refractivity (Wildman–Crippen MR) is 74.5 cm³/mol. The van der Waals surface area contributed by atoms with Crippen LogP contribution in [0.5, 0.6) is 0 Å². The topological polar surface area (TPSA) is 72.2 Å². The van der Waals surface area contributed by atoms with Crippen LogP contribution >= 0.6 is 11.6 Å². The second-order valence-corrected chi connectivity index (χ2v) is 6.97. The van der Waals surface area contributed by atoms with E-state index < -0.39 is 37.7 Å². The Morgan fingerprint density at radius 1 is 1.33 bits per heavy atom. The minimum atomic E-state index is -4.73. The highest BCUT2D eigenvalue weighted by molar-refractivity contribution is 7.89. The molecule has 9 heteroatoms. The Hall–Kier alpha value is -0.830. The van der Waals surface area contributed by atoms with E-state index in [1.54, 1.807) is 13.8 Å². The Morgan fingerprint density at radius 2 is 1.90 bits per heavy atom. The molecule has 0 spiro atoms. The van der Waals surface area contributed by atoms with Crippen molar-refractivity contribution >= 4 is 21.6 Å². The second kappa shape index (κ2) is 6.51. The summed E-state index contributed by atoms with van der Waals surface area (Å²) in [4.78, 5) is -0.502. The molecule has 1 aromatic rings. The molecule has 0 amide bonds. The van der Waals surface area contributed by atoms with Crippen molar-refractivity contribution < 1.29 is 21.6 Å². The number of benzene rings is 1. The van der Waals surface area contributed by atoms with Gasteiger partial charge >= 0.3 is 6.18 Å². The predicted octanol–water partition coefficient (Wildman–Crippen LogP) is 2.62. The third-order valence-electron chi connectivity index (χ3n) is 2.92. The molecule has 1 unspecified atom stereocenters. The molecule has 120 valence electrons. The summed E-state index contributed by atoms with van der Waals surface area (Å²) in [5.74, 6) is -0.0980. The first kappa shape index (κ1) is 18.2. The summed E-state index contributed by atoms with van der Waals surface area (Å²) in [6.07, 6.45) is -4.73. The maximum atomic E-state index is 12.8. The van der Waals surface area contributed by atoms with Gasteiger partial charge in [-0.25, -0.2) is 13.1 Å². The fourth-order valence-electron chi connectivity index (χ4n) is 1.61.